The number of hydrogen-bond donors (Lipinski definition) is 1. The van der Waals surface area contributed by atoms with E-state index in [0.29, 0.717) is 30.3 Å². The third-order valence-electron chi connectivity index (χ3n) is 3.78. The van der Waals surface area contributed by atoms with Crippen molar-refractivity contribution in [2.24, 2.45) is 0 Å². The van der Waals surface area contributed by atoms with Crippen LogP contribution in [0.15, 0.2) is 0 Å². The molecule has 0 aromatic heterocycles. The molecule has 2 rings (SSSR count). The Balaban J connectivity index is 1.44. The molecular weight excluding hydrogens is 266 g/mol. The molecule has 2 saturated heterocycles. The first-order valence-corrected chi connectivity index (χ1v) is 9.11. The molecule has 1 unspecified atom stereocenters. The summed E-state index contributed by atoms with van der Waals surface area (Å²) in [5.74, 6) is 0.667. The number of hydrogen-bond acceptors (Lipinski definition) is 5. The molecule has 2 heterocycles. The first kappa shape index (κ1) is 15.2. The summed E-state index contributed by atoms with van der Waals surface area (Å²) in [6.07, 6.45) is 5.04. The third-order valence-corrected chi connectivity index (χ3v) is 5.50. The molecule has 1 atom stereocenters. The minimum Gasteiger partial charge on any atom is -0.379 e. The molecule has 0 aromatic rings. The quantitative estimate of drug-likeness (QED) is 0.701. The van der Waals surface area contributed by atoms with Crippen LogP contribution in [0.25, 0.3) is 0 Å². The SMILES string of the molecule is O=S1(=O)CCC(NCCCOCC2CCCO2)CC1. The summed E-state index contributed by atoms with van der Waals surface area (Å²) in [6, 6.07) is 0.363. The Hall–Kier alpha value is -0.170. The molecular formula is C13H25NO4S. The lowest BCUT2D eigenvalue weighted by Crippen LogP contribution is -2.38. The second-order valence-electron chi connectivity index (χ2n) is 5.44. The molecule has 2 aliphatic heterocycles. The van der Waals surface area contributed by atoms with Crippen LogP contribution in [0.4, 0.5) is 0 Å². The average molecular weight is 291 g/mol. The molecule has 5 nitrogen and oxygen atoms in total. The van der Waals surface area contributed by atoms with Gasteiger partial charge in [-0.05, 0) is 38.6 Å². The summed E-state index contributed by atoms with van der Waals surface area (Å²) in [5, 5.41) is 3.41. The maximum absolute atomic E-state index is 11.3. The van der Waals surface area contributed by atoms with Crippen LogP contribution < -0.4 is 5.32 Å². The zero-order valence-corrected chi connectivity index (χ0v) is 12.3. The lowest BCUT2D eigenvalue weighted by atomic mass is 10.1. The largest absolute Gasteiger partial charge is 0.379 e. The van der Waals surface area contributed by atoms with E-state index >= 15 is 0 Å². The van der Waals surface area contributed by atoms with Crippen molar-refractivity contribution in [3.8, 4) is 0 Å². The van der Waals surface area contributed by atoms with Crippen LogP contribution in [0, 0.1) is 0 Å². The summed E-state index contributed by atoms with van der Waals surface area (Å²) in [7, 11) is -2.74. The predicted molar refractivity (Wildman–Crippen MR) is 74.1 cm³/mol. The lowest BCUT2D eigenvalue weighted by Gasteiger charge is -2.23. The Kier molecular flexibility index (Phi) is 6.06. The van der Waals surface area contributed by atoms with Crippen molar-refractivity contribution in [1.29, 1.82) is 0 Å². The van der Waals surface area contributed by atoms with Crippen molar-refractivity contribution >= 4 is 9.84 Å². The molecule has 0 amide bonds. The van der Waals surface area contributed by atoms with Gasteiger partial charge in [-0.2, -0.15) is 0 Å². The molecule has 112 valence electrons. The second-order valence-corrected chi connectivity index (χ2v) is 7.75. The van der Waals surface area contributed by atoms with Crippen LogP contribution in [0.5, 0.6) is 0 Å². The normalized spacial score (nSPS) is 27.7. The first-order valence-electron chi connectivity index (χ1n) is 7.29. The zero-order chi connectivity index (χ0) is 13.6. The summed E-state index contributed by atoms with van der Waals surface area (Å²) in [6.45, 7) is 3.23. The van der Waals surface area contributed by atoms with Crippen molar-refractivity contribution in [1.82, 2.24) is 5.32 Å². The van der Waals surface area contributed by atoms with Crippen LogP contribution in [0.1, 0.15) is 32.1 Å². The third kappa shape index (κ3) is 5.77. The topological polar surface area (TPSA) is 64.6 Å². The van der Waals surface area contributed by atoms with Gasteiger partial charge in [0, 0.05) is 19.3 Å². The van der Waals surface area contributed by atoms with Gasteiger partial charge in [-0.15, -0.1) is 0 Å². The summed E-state index contributed by atoms with van der Waals surface area (Å²) in [5.41, 5.74) is 0. The van der Waals surface area contributed by atoms with Gasteiger partial charge in [-0.25, -0.2) is 8.42 Å². The van der Waals surface area contributed by atoms with Crippen molar-refractivity contribution in [2.45, 2.75) is 44.2 Å². The summed E-state index contributed by atoms with van der Waals surface area (Å²) >= 11 is 0. The van der Waals surface area contributed by atoms with E-state index in [1.807, 2.05) is 0 Å². The summed E-state index contributed by atoms with van der Waals surface area (Å²) in [4.78, 5) is 0. The molecule has 0 aliphatic carbocycles. The van der Waals surface area contributed by atoms with E-state index in [-0.39, 0.29) is 0 Å². The number of nitrogens with one attached hydrogen (secondary N) is 1. The Bertz CT molecular complexity index is 338. The van der Waals surface area contributed by atoms with E-state index in [9.17, 15) is 8.42 Å². The Labute approximate surface area is 116 Å². The highest BCUT2D eigenvalue weighted by Crippen LogP contribution is 2.13. The van der Waals surface area contributed by atoms with Gasteiger partial charge < -0.3 is 14.8 Å². The fraction of sp³-hybridized carbons (Fsp3) is 1.00. The van der Waals surface area contributed by atoms with E-state index in [4.69, 9.17) is 9.47 Å². The minimum atomic E-state index is -2.74. The highest BCUT2D eigenvalue weighted by molar-refractivity contribution is 7.91. The van der Waals surface area contributed by atoms with Crippen LogP contribution in [-0.4, -0.2) is 58.4 Å². The summed E-state index contributed by atoms with van der Waals surface area (Å²) < 4.78 is 33.6. The van der Waals surface area contributed by atoms with Gasteiger partial charge in [-0.1, -0.05) is 0 Å². The van der Waals surface area contributed by atoms with Crippen LogP contribution in [0.2, 0.25) is 0 Å². The zero-order valence-electron chi connectivity index (χ0n) is 11.5. The molecule has 0 spiro atoms. The van der Waals surface area contributed by atoms with Crippen LogP contribution in [-0.2, 0) is 19.3 Å². The van der Waals surface area contributed by atoms with E-state index in [1.165, 1.54) is 0 Å². The Morgan fingerprint density at radius 3 is 2.68 bits per heavy atom. The second kappa shape index (κ2) is 7.57. The molecule has 1 N–H and O–H groups in total. The minimum absolute atomic E-state index is 0.302. The monoisotopic (exact) mass is 291 g/mol. The van der Waals surface area contributed by atoms with E-state index in [0.717, 1.165) is 51.9 Å². The maximum Gasteiger partial charge on any atom is 0.150 e. The highest BCUT2D eigenvalue weighted by Gasteiger charge is 2.22. The predicted octanol–water partition coefficient (Wildman–Crippen LogP) is 0.739. The average Bonchev–Trinajstić information content (AvgIpc) is 2.88. The lowest BCUT2D eigenvalue weighted by molar-refractivity contribution is 0.0165. The van der Waals surface area contributed by atoms with Crippen molar-refractivity contribution in [3.63, 3.8) is 0 Å². The van der Waals surface area contributed by atoms with Gasteiger partial charge in [0.2, 0.25) is 0 Å². The highest BCUT2D eigenvalue weighted by atomic mass is 32.2. The Morgan fingerprint density at radius 2 is 2.00 bits per heavy atom. The Morgan fingerprint density at radius 1 is 1.21 bits per heavy atom. The van der Waals surface area contributed by atoms with Crippen molar-refractivity contribution in [3.05, 3.63) is 0 Å². The molecule has 6 heteroatoms. The van der Waals surface area contributed by atoms with Gasteiger partial charge in [0.25, 0.3) is 0 Å². The van der Waals surface area contributed by atoms with Crippen LogP contribution in [0.3, 0.4) is 0 Å². The van der Waals surface area contributed by atoms with E-state index in [1.54, 1.807) is 0 Å². The molecule has 0 radical (unpaired) electrons. The number of sulfone groups is 1. The van der Waals surface area contributed by atoms with Crippen molar-refractivity contribution < 1.29 is 17.9 Å². The van der Waals surface area contributed by atoms with E-state index in [2.05, 4.69) is 5.32 Å². The fourth-order valence-corrected chi connectivity index (χ4v) is 4.06. The maximum atomic E-state index is 11.3. The smallest absolute Gasteiger partial charge is 0.150 e. The number of ether oxygens (including phenoxy) is 2. The first-order chi connectivity index (χ1) is 9.16. The van der Waals surface area contributed by atoms with E-state index < -0.39 is 9.84 Å². The molecule has 19 heavy (non-hydrogen) atoms. The fourth-order valence-electron chi connectivity index (χ4n) is 2.57. The molecule has 2 aliphatic rings. The van der Waals surface area contributed by atoms with Crippen molar-refractivity contribution in [2.75, 3.05) is 37.9 Å². The molecule has 2 fully saturated rings. The van der Waals surface area contributed by atoms with Crippen LogP contribution >= 0.6 is 0 Å². The van der Waals surface area contributed by atoms with Gasteiger partial charge >= 0.3 is 0 Å². The molecule has 0 aromatic carbocycles. The standard InChI is InChI=1S/C13H25NO4S/c15-19(16)9-4-12(5-10-19)14-6-2-7-17-11-13-3-1-8-18-13/h12-14H,1-11H2. The van der Waals surface area contributed by atoms with Gasteiger partial charge in [0.15, 0.2) is 0 Å². The van der Waals surface area contributed by atoms with Gasteiger partial charge in [-0.3, -0.25) is 0 Å². The molecule has 0 bridgehead atoms. The van der Waals surface area contributed by atoms with Gasteiger partial charge in [0.1, 0.15) is 9.84 Å². The van der Waals surface area contributed by atoms with Gasteiger partial charge in [0.05, 0.1) is 24.2 Å². The number of rotatable bonds is 7. The molecule has 0 saturated carbocycles.